The fraction of sp³-hybridized carbons (Fsp3) is 0.133. The van der Waals surface area contributed by atoms with Crippen LogP contribution in [0.1, 0.15) is 12.5 Å². The van der Waals surface area contributed by atoms with E-state index < -0.39 is 5.25 Å². The van der Waals surface area contributed by atoms with Crippen molar-refractivity contribution in [3.63, 3.8) is 0 Å². The van der Waals surface area contributed by atoms with Gasteiger partial charge in [-0.15, -0.1) is 0 Å². The van der Waals surface area contributed by atoms with Crippen LogP contribution in [0.15, 0.2) is 47.6 Å². The summed E-state index contributed by atoms with van der Waals surface area (Å²) in [5.41, 5.74) is 0.850. The summed E-state index contributed by atoms with van der Waals surface area (Å²) in [4.78, 5) is 12.1. The fourth-order valence-corrected chi connectivity index (χ4v) is 2.74. The molecule has 5 nitrogen and oxygen atoms in total. The zero-order valence-electron chi connectivity index (χ0n) is 11.6. The van der Waals surface area contributed by atoms with Gasteiger partial charge in [0.1, 0.15) is 6.07 Å². The number of thioether (sulfide) groups is 1. The van der Waals surface area contributed by atoms with Crippen molar-refractivity contribution in [3.05, 3.63) is 58.4 Å². The number of amides is 1. The van der Waals surface area contributed by atoms with Crippen molar-refractivity contribution in [2.75, 3.05) is 5.32 Å². The summed E-state index contributed by atoms with van der Waals surface area (Å²) in [5, 5.41) is 23.4. The number of hydrogen-bond acceptors (Lipinski definition) is 4. The molecule has 0 saturated carbocycles. The first kappa shape index (κ1) is 16.1. The second-order valence-electron chi connectivity index (χ2n) is 4.42. The van der Waals surface area contributed by atoms with Gasteiger partial charge in [-0.05, 0) is 43.0 Å². The van der Waals surface area contributed by atoms with Crippen LogP contribution in [0.4, 0.5) is 5.69 Å². The van der Waals surface area contributed by atoms with Gasteiger partial charge in [0.15, 0.2) is 6.20 Å². The second-order valence-corrected chi connectivity index (χ2v) is 6.19. The Bertz CT molecular complexity index is 746. The van der Waals surface area contributed by atoms with Gasteiger partial charge in [-0.2, -0.15) is 9.99 Å². The molecule has 0 aliphatic heterocycles. The molecule has 0 fully saturated rings. The quantitative estimate of drug-likeness (QED) is 0.530. The van der Waals surface area contributed by atoms with Crippen LogP contribution in [0.25, 0.3) is 0 Å². The molecule has 0 unspecified atom stereocenters. The van der Waals surface area contributed by atoms with Gasteiger partial charge in [-0.3, -0.25) is 4.79 Å². The summed E-state index contributed by atoms with van der Waals surface area (Å²) >= 11 is 7.08. The van der Waals surface area contributed by atoms with Crippen LogP contribution in [-0.4, -0.2) is 11.2 Å². The molecule has 1 atom stereocenters. The molecule has 1 aromatic carbocycles. The van der Waals surface area contributed by atoms with E-state index in [2.05, 4.69) is 5.32 Å². The second kappa shape index (κ2) is 7.16. The van der Waals surface area contributed by atoms with Crippen LogP contribution in [-0.2, 0) is 4.79 Å². The number of aromatic nitrogens is 1. The Morgan fingerprint density at radius 1 is 1.45 bits per heavy atom. The maximum atomic E-state index is 12.1. The van der Waals surface area contributed by atoms with Crippen LogP contribution >= 0.6 is 23.4 Å². The summed E-state index contributed by atoms with van der Waals surface area (Å²) in [7, 11) is 0. The Kier molecular flexibility index (Phi) is 5.26. The Balaban J connectivity index is 2.04. The molecule has 0 spiro atoms. The first-order valence-corrected chi connectivity index (χ1v) is 7.62. The van der Waals surface area contributed by atoms with E-state index in [1.807, 2.05) is 6.07 Å². The maximum absolute atomic E-state index is 12.1. The molecule has 2 aromatic rings. The van der Waals surface area contributed by atoms with Gasteiger partial charge in [-0.25, -0.2) is 0 Å². The zero-order valence-corrected chi connectivity index (χ0v) is 13.2. The van der Waals surface area contributed by atoms with Gasteiger partial charge in [0, 0.05) is 17.8 Å². The molecular weight excluding hydrogens is 322 g/mol. The van der Waals surface area contributed by atoms with Crippen molar-refractivity contribution in [2.24, 2.45) is 0 Å². The molecule has 1 aromatic heterocycles. The zero-order chi connectivity index (χ0) is 16.1. The van der Waals surface area contributed by atoms with E-state index in [0.29, 0.717) is 21.0 Å². The highest BCUT2D eigenvalue weighted by Gasteiger charge is 2.19. The average Bonchev–Trinajstić information content (AvgIpc) is 2.49. The number of pyridine rings is 1. The Hall–Kier alpha value is -2.23. The SMILES string of the molecule is C[C@H](Sc1cccc[n+]1[O-])C(=O)Nc1ccc(C#N)c(Cl)c1. The third-order valence-corrected chi connectivity index (χ3v) is 4.25. The molecule has 22 heavy (non-hydrogen) atoms. The Morgan fingerprint density at radius 2 is 2.23 bits per heavy atom. The lowest BCUT2D eigenvalue weighted by Crippen LogP contribution is -2.30. The monoisotopic (exact) mass is 333 g/mol. The lowest BCUT2D eigenvalue weighted by molar-refractivity contribution is -0.645. The summed E-state index contributed by atoms with van der Waals surface area (Å²) < 4.78 is 0.715. The molecule has 112 valence electrons. The van der Waals surface area contributed by atoms with Crippen molar-refractivity contribution < 1.29 is 9.52 Å². The van der Waals surface area contributed by atoms with E-state index in [-0.39, 0.29) is 10.9 Å². The molecule has 0 saturated heterocycles. The number of benzene rings is 1. The topological polar surface area (TPSA) is 79.8 Å². The van der Waals surface area contributed by atoms with Gasteiger partial charge in [0.2, 0.25) is 5.91 Å². The number of halogens is 1. The minimum atomic E-state index is -0.461. The number of rotatable bonds is 4. The van der Waals surface area contributed by atoms with Gasteiger partial charge in [0.05, 0.1) is 15.8 Å². The molecule has 1 amide bonds. The van der Waals surface area contributed by atoms with Crippen molar-refractivity contribution in [1.29, 1.82) is 5.26 Å². The van der Waals surface area contributed by atoms with Crippen molar-refractivity contribution >= 4 is 35.0 Å². The van der Waals surface area contributed by atoms with Crippen molar-refractivity contribution in [2.45, 2.75) is 17.2 Å². The van der Waals surface area contributed by atoms with Crippen molar-refractivity contribution in [1.82, 2.24) is 0 Å². The number of nitrogens with zero attached hydrogens (tertiary/aromatic N) is 2. The van der Waals surface area contributed by atoms with E-state index in [0.717, 1.165) is 11.8 Å². The van der Waals surface area contributed by atoms with Gasteiger partial charge in [0.25, 0.3) is 5.03 Å². The lowest BCUT2D eigenvalue weighted by atomic mass is 10.2. The Morgan fingerprint density at radius 3 is 2.86 bits per heavy atom. The molecule has 0 radical (unpaired) electrons. The van der Waals surface area contributed by atoms with E-state index >= 15 is 0 Å². The molecule has 2 rings (SSSR count). The molecule has 0 bridgehead atoms. The van der Waals surface area contributed by atoms with Crippen LogP contribution in [0.2, 0.25) is 5.02 Å². The number of nitrogens with one attached hydrogen (secondary N) is 1. The fourth-order valence-electron chi connectivity index (χ4n) is 1.67. The highest BCUT2D eigenvalue weighted by Crippen LogP contribution is 2.23. The van der Waals surface area contributed by atoms with Crippen LogP contribution in [0.5, 0.6) is 0 Å². The van der Waals surface area contributed by atoms with Gasteiger partial charge in [-0.1, -0.05) is 11.6 Å². The largest absolute Gasteiger partial charge is 0.618 e. The standard InChI is InChI=1S/C15H12ClN3O2S/c1-10(22-14-4-2-3-7-19(14)21)15(20)18-12-6-5-11(9-17)13(16)8-12/h2-8,10H,1H3,(H,18,20)/t10-/m0/s1. The molecule has 0 aliphatic carbocycles. The third-order valence-electron chi connectivity index (χ3n) is 2.81. The summed E-state index contributed by atoms with van der Waals surface area (Å²) in [6, 6.07) is 11.6. The van der Waals surface area contributed by atoms with Crippen LogP contribution in [0.3, 0.4) is 0 Å². The summed E-state index contributed by atoms with van der Waals surface area (Å²) in [6.07, 6.45) is 1.38. The number of hydrogen-bond donors (Lipinski definition) is 1. The van der Waals surface area contributed by atoms with Gasteiger partial charge >= 0.3 is 0 Å². The molecule has 7 heteroatoms. The van der Waals surface area contributed by atoms with E-state index in [1.165, 1.54) is 12.3 Å². The van der Waals surface area contributed by atoms with Crippen molar-refractivity contribution in [3.8, 4) is 6.07 Å². The molecule has 0 aliphatic rings. The van der Waals surface area contributed by atoms with E-state index in [1.54, 1.807) is 37.3 Å². The number of anilines is 1. The normalized spacial score (nSPS) is 11.5. The predicted octanol–water partition coefficient (Wildman–Crippen LogP) is 2.96. The van der Waals surface area contributed by atoms with E-state index in [9.17, 15) is 10.0 Å². The van der Waals surface area contributed by atoms with Crippen LogP contribution < -0.4 is 10.0 Å². The highest BCUT2D eigenvalue weighted by molar-refractivity contribution is 8.00. The molecular formula is C15H12ClN3O2S. The first-order chi connectivity index (χ1) is 10.5. The molecule has 1 heterocycles. The number of nitriles is 1. The van der Waals surface area contributed by atoms with E-state index in [4.69, 9.17) is 16.9 Å². The summed E-state index contributed by atoms with van der Waals surface area (Å²) in [6.45, 7) is 1.71. The van der Waals surface area contributed by atoms with Crippen LogP contribution in [0, 0.1) is 16.5 Å². The third kappa shape index (κ3) is 3.91. The Labute approximate surface area is 137 Å². The van der Waals surface area contributed by atoms with Gasteiger partial charge < -0.3 is 10.5 Å². The highest BCUT2D eigenvalue weighted by atomic mass is 35.5. The predicted molar refractivity (Wildman–Crippen MR) is 85.5 cm³/mol. The lowest BCUT2D eigenvalue weighted by Gasteiger charge is -2.12. The first-order valence-electron chi connectivity index (χ1n) is 6.36. The summed E-state index contributed by atoms with van der Waals surface area (Å²) in [5.74, 6) is -0.255. The average molecular weight is 334 g/mol. The molecule has 1 N–H and O–H groups in total. The smallest absolute Gasteiger partial charge is 0.252 e. The number of carbonyl (C=O) groups is 1. The number of carbonyl (C=O) groups excluding carboxylic acids is 1. The maximum Gasteiger partial charge on any atom is 0.252 e. The minimum Gasteiger partial charge on any atom is -0.618 e. The minimum absolute atomic E-state index is 0.255.